The van der Waals surface area contributed by atoms with Crippen LogP contribution in [0, 0.1) is 6.92 Å². The molecule has 0 N–H and O–H groups in total. The van der Waals surface area contributed by atoms with Crippen molar-refractivity contribution in [2.75, 3.05) is 6.54 Å². The molecule has 1 aliphatic carbocycles. The number of carbonyl (C=O) groups is 1. The van der Waals surface area contributed by atoms with E-state index in [9.17, 15) is 4.79 Å². The molecule has 1 heterocycles. The van der Waals surface area contributed by atoms with E-state index in [1.54, 1.807) is 0 Å². The lowest BCUT2D eigenvalue weighted by atomic mass is 9.85. The predicted octanol–water partition coefficient (Wildman–Crippen LogP) is 4.68. The molecule has 0 atom stereocenters. The van der Waals surface area contributed by atoms with Crippen molar-refractivity contribution in [3.63, 3.8) is 0 Å². The first kappa shape index (κ1) is 15.9. The Balaban J connectivity index is 0.000000774. The molecular formula is C18H27NO2. The molecule has 0 unspecified atom stereocenters. The van der Waals surface area contributed by atoms with Gasteiger partial charge in [0.25, 0.3) is 0 Å². The van der Waals surface area contributed by atoms with Gasteiger partial charge in [-0.1, -0.05) is 50.1 Å². The van der Waals surface area contributed by atoms with Crippen molar-refractivity contribution in [3.8, 4) is 0 Å². The molecule has 1 aromatic rings. The molecule has 0 radical (unpaired) electrons. The van der Waals surface area contributed by atoms with Gasteiger partial charge in [-0.25, -0.2) is 4.79 Å². The standard InChI is InChI=1S/C16H21NO2.C2H6/c1-13-6-5-7-14(10-13)11-17-12-16(19-15(17)18)8-3-2-4-9-16;1-2/h5-7,10H,2-4,8-9,11-12H2,1H3;1-2H3. The second-order valence-corrected chi connectivity index (χ2v) is 5.96. The number of benzene rings is 1. The van der Waals surface area contributed by atoms with Gasteiger partial charge in [0.05, 0.1) is 6.54 Å². The molecule has 0 bridgehead atoms. The Bertz CT molecular complexity index is 478. The maximum Gasteiger partial charge on any atom is 0.410 e. The Morgan fingerprint density at radius 3 is 2.57 bits per heavy atom. The highest BCUT2D eigenvalue weighted by atomic mass is 16.6. The quantitative estimate of drug-likeness (QED) is 0.791. The first-order valence-corrected chi connectivity index (χ1v) is 8.20. The summed E-state index contributed by atoms with van der Waals surface area (Å²) < 4.78 is 5.69. The summed E-state index contributed by atoms with van der Waals surface area (Å²) in [6.07, 6.45) is 5.57. The zero-order valence-electron chi connectivity index (χ0n) is 13.5. The molecule has 3 heteroatoms. The maximum atomic E-state index is 12.0. The predicted molar refractivity (Wildman–Crippen MR) is 85.2 cm³/mol. The molecule has 1 saturated carbocycles. The molecule has 3 nitrogen and oxygen atoms in total. The minimum Gasteiger partial charge on any atom is -0.441 e. The number of nitrogens with zero attached hydrogens (tertiary/aromatic N) is 1. The summed E-state index contributed by atoms with van der Waals surface area (Å²) in [6, 6.07) is 8.34. The van der Waals surface area contributed by atoms with Crippen LogP contribution < -0.4 is 0 Å². The van der Waals surface area contributed by atoms with Gasteiger partial charge in [0, 0.05) is 6.54 Å². The summed E-state index contributed by atoms with van der Waals surface area (Å²) in [7, 11) is 0. The fourth-order valence-corrected chi connectivity index (χ4v) is 3.30. The molecule has 21 heavy (non-hydrogen) atoms. The molecule has 1 spiro atoms. The SMILES string of the molecule is CC.Cc1cccc(CN2CC3(CCCCC3)OC2=O)c1. The third kappa shape index (κ3) is 3.78. The number of ether oxygens (including phenoxy) is 1. The van der Waals surface area contributed by atoms with Crippen molar-refractivity contribution in [1.29, 1.82) is 0 Å². The second-order valence-electron chi connectivity index (χ2n) is 5.96. The van der Waals surface area contributed by atoms with Crippen LogP contribution in [0.15, 0.2) is 24.3 Å². The number of hydrogen-bond donors (Lipinski definition) is 0. The summed E-state index contributed by atoms with van der Waals surface area (Å²) in [6.45, 7) is 7.51. The highest BCUT2D eigenvalue weighted by molar-refractivity contribution is 5.70. The van der Waals surface area contributed by atoms with Crippen LogP contribution >= 0.6 is 0 Å². The summed E-state index contributed by atoms with van der Waals surface area (Å²) in [5, 5.41) is 0. The first-order valence-electron chi connectivity index (χ1n) is 8.20. The van der Waals surface area contributed by atoms with E-state index in [-0.39, 0.29) is 11.7 Å². The number of carbonyl (C=O) groups excluding carboxylic acids is 1. The first-order chi connectivity index (χ1) is 10.2. The van der Waals surface area contributed by atoms with E-state index in [4.69, 9.17) is 4.74 Å². The lowest BCUT2D eigenvalue weighted by Gasteiger charge is -2.30. The van der Waals surface area contributed by atoms with Crippen molar-refractivity contribution >= 4 is 6.09 Å². The molecule has 1 aliphatic heterocycles. The summed E-state index contributed by atoms with van der Waals surface area (Å²) >= 11 is 0. The number of rotatable bonds is 2. The van der Waals surface area contributed by atoms with Crippen molar-refractivity contribution in [2.45, 2.75) is 65.0 Å². The van der Waals surface area contributed by atoms with Gasteiger partial charge >= 0.3 is 6.09 Å². The van der Waals surface area contributed by atoms with Crippen molar-refractivity contribution < 1.29 is 9.53 Å². The summed E-state index contributed by atoms with van der Waals surface area (Å²) in [4.78, 5) is 13.9. The van der Waals surface area contributed by atoms with Crippen LogP contribution in [-0.4, -0.2) is 23.1 Å². The molecular weight excluding hydrogens is 262 g/mol. The van der Waals surface area contributed by atoms with Crippen molar-refractivity contribution in [1.82, 2.24) is 4.90 Å². The fourth-order valence-electron chi connectivity index (χ4n) is 3.30. The van der Waals surface area contributed by atoms with Gasteiger partial charge in [-0.2, -0.15) is 0 Å². The second kappa shape index (κ2) is 6.97. The fraction of sp³-hybridized carbons (Fsp3) is 0.611. The maximum absolute atomic E-state index is 12.0. The lowest BCUT2D eigenvalue weighted by molar-refractivity contribution is 0.0260. The normalized spacial score (nSPS) is 20.0. The van der Waals surface area contributed by atoms with Crippen LogP contribution in [0.2, 0.25) is 0 Å². The average molecular weight is 289 g/mol. The van der Waals surface area contributed by atoms with Crippen LogP contribution in [0.3, 0.4) is 0 Å². The lowest BCUT2D eigenvalue weighted by Crippen LogP contribution is -2.36. The topological polar surface area (TPSA) is 29.5 Å². The van der Waals surface area contributed by atoms with Gasteiger partial charge in [-0.3, -0.25) is 4.90 Å². The zero-order chi connectivity index (χ0) is 15.3. The Labute approximate surface area is 128 Å². The Hall–Kier alpha value is -1.51. The van der Waals surface area contributed by atoms with Gasteiger partial charge in [0.15, 0.2) is 0 Å². The summed E-state index contributed by atoms with van der Waals surface area (Å²) in [5.74, 6) is 0. The van der Waals surface area contributed by atoms with Gasteiger partial charge in [-0.05, 0) is 38.2 Å². The average Bonchev–Trinajstić information content (AvgIpc) is 2.77. The number of aryl methyl sites for hydroxylation is 1. The highest BCUT2D eigenvalue weighted by Gasteiger charge is 2.45. The molecule has 2 fully saturated rings. The van der Waals surface area contributed by atoms with E-state index >= 15 is 0 Å². The molecule has 1 amide bonds. The van der Waals surface area contributed by atoms with E-state index in [1.165, 1.54) is 30.4 Å². The minimum atomic E-state index is -0.181. The van der Waals surface area contributed by atoms with E-state index in [0.29, 0.717) is 6.54 Å². The molecule has 1 aromatic carbocycles. The van der Waals surface area contributed by atoms with Crippen LogP contribution in [-0.2, 0) is 11.3 Å². The molecule has 3 rings (SSSR count). The van der Waals surface area contributed by atoms with Crippen molar-refractivity contribution in [3.05, 3.63) is 35.4 Å². The minimum absolute atomic E-state index is 0.136. The van der Waals surface area contributed by atoms with Gasteiger partial charge < -0.3 is 4.74 Å². The van der Waals surface area contributed by atoms with Crippen LogP contribution in [0.25, 0.3) is 0 Å². The van der Waals surface area contributed by atoms with E-state index in [0.717, 1.165) is 19.4 Å². The van der Waals surface area contributed by atoms with Crippen molar-refractivity contribution in [2.24, 2.45) is 0 Å². The molecule has 0 aromatic heterocycles. The zero-order valence-corrected chi connectivity index (χ0v) is 13.5. The van der Waals surface area contributed by atoms with Gasteiger partial charge in [0.2, 0.25) is 0 Å². The Kier molecular flexibility index (Phi) is 5.27. The van der Waals surface area contributed by atoms with Gasteiger partial charge in [-0.15, -0.1) is 0 Å². The highest BCUT2D eigenvalue weighted by Crippen LogP contribution is 2.37. The van der Waals surface area contributed by atoms with E-state index in [2.05, 4.69) is 25.1 Å². The van der Waals surface area contributed by atoms with Gasteiger partial charge in [0.1, 0.15) is 5.60 Å². The number of hydrogen-bond acceptors (Lipinski definition) is 2. The van der Waals surface area contributed by atoms with Crippen LogP contribution in [0.5, 0.6) is 0 Å². The van der Waals surface area contributed by atoms with E-state index < -0.39 is 0 Å². The Morgan fingerprint density at radius 2 is 1.90 bits per heavy atom. The third-order valence-electron chi connectivity index (χ3n) is 4.26. The molecule has 2 aliphatic rings. The molecule has 116 valence electrons. The summed E-state index contributed by atoms with van der Waals surface area (Å²) in [5.41, 5.74) is 2.24. The number of amides is 1. The Morgan fingerprint density at radius 1 is 1.19 bits per heavy atom. The monoisotopic (exact) mass is 289 g/mol. The molecule has 1 saturated heterocycles. The largest absolute Gasteiger partial charge is 0.441 e. The van der Waals surface area contributed by atoms with Crippen LogP contribution in [0.4, 0.5) is 4.79 Å². The third-order valence-corrected chi connectivity index (χ3v) is 4.26. The van der Waals surface area contributed by atoms with E-state index in [1.807, 2.05) is 24.8 Å². The van der Waals surface area contributed by atoms with Crippen LogP contribution in [0.1, 0.15) is 57.1 Å². The smallest absolute Gasteiger partial charge is 0.410 e.